The van der Waals surface area contributed by atoms with Crippen molar-refractivity contribution < 1.29 is 18.0 Å². The van der Waals surface area contributed by atoms with Gasteiger partial charge in [-0.1, -0.05) is 69.2 Å². The van der Waals surface area contributed by atoms with Crippen molar-refractivity contribution in [2.75, 3.05) is 23.7 Å². The minimum atomic E-state index is -3.74. The summed E-state index contributed by atoms with van der Waals surface area (Å²) in [5.74, 6) is -0.399. The van der Waals surface area contributed by atoms with Crippen LogP contribution in [-0.2, 0) is 26.2 Å². The van der Waals surface area contributed by atoms with Crippen molar-refractivity contribution in [2.24, 2.45) is 0 Å². The first kappa shape index (κ1) is 28.4. The molecule has 2 aromatic rings. The number of carbonyl (C=O) groups is 2. The van der Waals surface area contributed by atoms with Gasteiger partial charge in [0.2, 0.25) is 21.8 Å². The van der Waals surface area contributed by atoms with E-state index in [1.807, 2.05) is 50.2 Å². The molecule has 2 rings (SSSR count). The predicted octanol–water partition coefficient (Wildman–Crippen LogP) is 4.22. The van der Waals surface area contributed by atoms with E-state index in [1.165, 1.54) is 4.90 Å². The average molecular weight is 502 g/mol. The molecule has 0 bridgehead atoms. The van der Waals surface area contributed by atoms with Gasteiger partial charge in [0.1, 0.15) is 12.6 Å². The molecule has 1 unspecified atom stereocenters. The Bertz CT molecular complexity index is 1100. The maximum atomic E-state index is 13.6. The fourth-order valence-electron chi connectivity index (χ4n) is 3.77. The number of sulfonamides is 1. The molecule has 1 N–H and O–H groups in total. The number of nitrogens with zero attached hydrogens (tertiary/aromatic N) is 2. The molecule has 0 aliphatic carbocycles. The van der Waals surface area contributed by atoms with Gasteiger partial charge >= 0.3 is 0 Å². The molecule has 2 aromatic carbocycles. The monoisotopic (exact) mass is 501 g/mol. The van der Waals surface area contributed by atoms with Crippen molar-refractivity contribution in [3.05, 3.63) is 65.2 Å². The van der Waals surface area contributed by atoms with Crippen LogP contribution in [-0.4, -0.2) is 50.5 Å². The third-order valence-electron chi connectivity index (χ3n) is 5.96. The molecule has 8 heteroatoms. The van der Waals surface area contributed by atoms with Gasteiger partial charge in [0.25, 0.3) is 0 Å². The topological polar surface area (TPSA) is 86.8 Å². The lowest BCUT2D eigenvalue weighted by Gasteiger charge is -2.31. The summed E-state index contributed by atoms with van der Waals surface area (Å²) in [6.07, 6.45) is 2.88. The fourth-order valence-corrected chi connectivity index (χ4v) is 4.61. The van der Waals surface area contributed by atoms with Gasteiger partial charge < -0.3 is 10.2 Å². The van der Waals surface area contributed by atoms with E-state index in [0.717, 1.165) is 40.1 Å². The lowest BCUT2D eigenvalue weighted by Crippen LogP contribution is -2.51. The van der Waals surface area contributed by atoms with E-state index in [-0.39, 0.29) is 12.5 Å². The minimum Gasteiger partial charge on any atom is -0.354 e. The highest BCUT2D eigenvalue weighted by Crippen LogP contribution is 2.23. The quantitative estimate of drug-likeness (QED) is 0.441. The van der Waals surface area contributed by atoms with E-state index in [9.17, 15) is 18.0 Å². The van der Waals surface area contributed by atoms with E-state index in [1.54, 1.807) is 19.1 Å². The summed E-state index contributed by atoms with van der Waals surface area (Å²) in [6.45, 7) is 10.1. The lowest BCUT2D eigenvalue weighted by atomic mass is 10.0. The maximum Gasteiger partial charge on any atom is 0.244 e. The first-order chi connectivity index (χ1) is 16.4. The predicted molar refractivity (Wildman–Crippen MR) is 142 cm³/mol. The van der Waals surface area contributed by atoms with Crippen LogP contribution in [0.25, 0.3) is 0 Å². The summed E-state index contributed by atoms with van der Waals surface area (Å²) >= 11 is 0. The third kappa shape index (κ3) is 8.38. The summed E-state index contributed by atoms with van der Waals surface area (Å²) < 4.78 is 26.4. The Morgan fingerprint density at radius 2 is 1.69 bits per heavy atom. The van der Waals surface area contributed by atoms with Crippen LogP contribution in [0.15, 0.2) is 48.5 Å². The number of hydrogen-bond acceptors (Lipinski definition) is 4. The van der Waals surface area contributed by atoms with Crippen molar-refractivity contribution in [1.29, 1.82) is 0 Å². The van der Waals surface area contributed by atoms with Crippen LogP contribution in [0.5, 0.6) is 0 Å². The normalized spacial score (nSPS) is 12.3. The molecule has 0 aliphatic rings. The number of amides is 2. The highest BCUT2D eigenvalue weighted by atomic mass is 32.2. The molecule has 0 radical (unpaired) electrons. The largest absolute Gasteiger partial charge is 0.354 e. The Labute approximate surface area is 210 Å². The van der Waals surface area contributed by atoms with Crippen molar-refractivity contribution in [3.8, 4) is 0 Å². The molecule has 0 aliphatic heterocycles. The van der Waals surface area contributed by atoms with Crippen LogP contribution in [0, 0.1) is 6.92 Å². The molecule has 7 nitrogen and oxygen atoms in total. The van der Waals surface area contributed by atoms with Crippen molar-refractivity contribution in [1.82, 2.24) is 10.2 Å². The van der Waals surface area contributed by atoms with Gasteiger partial charge in [-0.3, -0.25) is 13.9 Å². The zero-order chi connectivity index (χ0) is 26.2. The fraction of sp³-hybridized carbons (Fsp3) is 0.481. The van der Waals surface area contributed by atoms with E-state index < -0.39 is 28.5 Å². The highest BCUT2D eigenvalue weighted by molar-refractivity contribution is 7.92. The summed E-state index contributed by atoms with van der Waals surface area (Å²) in [5.41, 5.74) is 3.41. The summed E-state index contributed by atoms with van der Waals surface area (Å²) in [5, 5.41) is 2.88. The molecule has 0 saturated heterocycles. The Kier molecular flexibility index (Phi) is 10.3. The van der Waals surface area contributed by atoms with Crippen molar-refractivity contribution in [2.45, 2.75) is 66.0 Å². The lowest BCUT2D eigenvalue weighted by molar-refractivity contribution is -0.139. The van der Waals surface area contributed by atoms with Gasteiger partial charge in [0.15, 0.2) is 0 Å². The van der Waals surface area contributed by atoms with E-state index in [2.05, 4.69) is 19.2 Å². The van der Waals surface area contributed by atoms with Gasteiger partial charge in [-0.2, -0.15) is 0 Å². The summed E-state index contributed by atoms with van der Waals surface area (Å²) in [6, 6.07) is 14.1. The molecule has 1 atom stereocenters. The SMILES string of the molecule is CCCCNC(=O)C(C)N(Cc1cccc(C)c1)C(=O)CN(c1ccc(C(C)C)cc1)S(C)(=O)=O. The van der Waals surface area contributed by atoms with Gasteiger partial charge in [0.05, 0.1) is 11.9 Å². The highest BCUT2D eigenvalue weighted by Gasteiger charge is 2.30. The Morgan fingerprint density at radius 3 is 2.23 bits per heavy atom. The third-order valence-corrected chi connectivity index (χ3v) is 7.10. The molecule has 192 valence electrons. The van der Waals surface area contributed by atoms with Crippen LogP contribution in [0.2, 0.25) is 0 Å². The molecule has 0 fully saturated rings. The first-order valence-corrected chi connectivity index (χ1v) is 14.0. The van der Waals surface area contributed by atoms with Gasteiger partial charge in [-0.15, -0.1) is 0 Å². The minimum absolute atomic E-state index is 0.201. The Morgan fingerprint density at radius 1 is 1.03 bits per heavy atom. The van der Waals surface area contributed by atoms with Crippen molar-refractivity contribution >= 4 is 27.5 Å². The Hall–Kier alpha value is -2.87. The number of aryl methyl sites for hydroxylation is 1. The standard InChI is InChI=1S/C27H39N3O4S/c1-7-8-16-28-27(32)22(5)29(18-23-11-9-10-21(4)17-23)26(31)19-30(35(6,33)34)25-14-12-24(13-15-25)20(2)3/h9-15,17,20,22H,7-8,16,18-19H2,1-6H3,(H,28,32). The number of carbonyl (C=O) groups excluding carboxylic acids is 2. The summed E-state index contributed by atoms with van der Waals surface area (Å²) in [4.78, 5) is 27.8. The molecule has 2 amide bonds. The average Bonchev–Trinajstić information content (AvgIpc) is 2.80. The second kappa shape index (κ2) is 12.7. The molecule has 0 aromatic heterocycles. The zero-order valence-corrected chi connectivity index (χ0v) is 22.6. The first-order valence-electron chi connectivity index (χ1n) is 12.1. The number of hydrogen-bond donors (Lipinski definition) is 1. The molecule has 35 heavy (non-hydrogen) atoms. The van der Waals surface area contributed by atoms with Gasteiger partial charge in [-0.25, -0.2) is 8.42 Å². The molecular formula is C27H39N3O4S. The number of benzene rings is 2. The zero-order valence-electron chi connectivity index (χ0n) is 21.7. The second-order valence-corrected chi connectivity index (χ2v) is 11.3. The molecule has 0 spiro atoms. The van der Waals surface area contributed by atoms with E-state index in [0.29, 0.717) is 18.2 Å². The Balaban J connectivity index is 2.35. The maximum absolute atomic E-state index is 13.6. The molecule has 0 heterocycles. The smallest absolute Gasteiger partial charge is 0.244 e. The van der Waals surface area contributed by atoms with Crippen LogP contribution in [0.4, 0.5) is 5.69 Å². The van der Waals surface area contributed by atoms with Crippen LogP contribution < -0.4 is 9.62 Å². The van der Waals surface area contributed by atoms with Gasteiger partial charge in [0, 0.05) is 13.1 Å². The van der Waals surface area contributed by atoms with Crippen LogP contribution in [0.1, 0.15) is 63.1 Å². The van der Waals surface area contributed by atoms with Crippen LogP contribution >= 0.6 is 0 Å². The number of rotatable bonds is 12. The number of nitrogens with one attached hydrogen (secondary N) is 1. The van der Waals surface area contributed by atoms with Crippen LogP contribution in [0.3, 0.4) is 0 Å². The summed E-state index contributed by atoms with van der Waals surface area (Å²) in [7, 11) is -3.74. The van der Waals surface area contributed by atoms with E-state index >= 15 is 0 Å². The number of unbranched alkanes of at least 4 members (excludes halogenated alkanes) is 1. The molecule has 0 saturated carbocycles. The second-order valence-electron chi connectivity index (χ2n) is 9.35. The molecular weight excluding hydrogens is 462 g/mol. The van der Waals surface area contributed by atoms with E-state index in [4.69, 9.17) is 0 Å². The van der Waals surface area contributed by atoms with Crippen molar-refractivity contribution in [3.63, 3.8) is 0 Å². The van der Waals surface area contributed by atoms with Gasteiger partial charge in [-0.05, 0) is 49.4 Å². The number of anilines is 1.